The molecule has 0 amide bonds. The highest BCUT2D eigenvalue weighted by Crippen LogP contribution is 2.28. The van der Waals surface area contributed by atoms with Crippen molar-refractivity contribution in [3.05, 3.63) is 75.9 Å². The Balaban J connectivity index is 1.78. The highest BCUT2D eigenvalue weighted by molar-refractivity contribution is 9.11. The second-order valence-corrected chi connectivity index (χ2v) is 8.41. The molecule has 0 saturated carbocycles. The zero-order chi connectivity index (χ0) is 17.9. The lowest BCUT2D eigenvalue weighted by molar-refractivity contribution is 0.482. The molecule has 0 unspecified atom stereocenters. The predicted molar refractivity (Wildman–Crippen MR) is 103 cm³/mol. The molecular weight excluding hydrogens is 472 g/mol. The normalized spacial score (nSPS) is 11.1. The van der Waals surface area contributed by atoms with Gasteiger partial charge in [-0.3, -0.25) is 9.71 Å². The minimum Gasteiger partial charge on any atom is -0.457 e. The Morgan fingerprint density at radius 2 is 1.52 bits per heavy atom. The minimum atomic E-state index is -3.71. The fourth-order valence-corrected chi connectivity index (χ4v) is 4.59. The lowest BCUT2D eigenvalue weighted by Crippen LogP contribution is -2.13. The third-order valence-electron chi connectivity index (χ3n) is 3.17. The summed E-state index contributed by atoms with van der Waals surface area (Å²) in [6, 6.07) is 15.1. The van der Waals surface area contributed by atoms with E-state index in [4.69, 9.17) is 4.74 Å². The van der Waals surface area contributed by atoms with Crippen LogP contribution in [0.25, 0.3) is 0 Å². The first-order valence-corrected chi connectivity index (χ1v) is 10.2. The van der Waals surface area contributed by atoms with E-state index < -0.39 is 10.0 Å². The molecule has 5 nitrogen and oxygen atoms in total. The maximum Gasteiger partial charge on any atom is 0.263 e. The van der Waals surface area contributed by atoms with Crippen molar-refractivity contribution in [2.75, 3.05) is 4.72 Å². The number of anilines is 1. The summed E-state index contributed by atoms with van der Waals surface area (Å²) in [5.74, 6) is 1.25. The zero-order valence-corrected chi connectivity index (χ0v) is 16.7. The molecule has 0 fully saturated rings. The average Bonchev–Trinajstić information content (AvgIpc) is 2.59. The molecule has 3 aromatic rings. The van der Waals surface area contributed by atoms with E-state index in [1.165, 1.54) is 6.07 Å². The molecule has 2 aromatic carbocycles. The van der Waals surface area contributed by atoms with Crippen molar-refractivity contribution < 1.29 is 13.2 Å². The first kappa shape index (κ1) is 17.9. The van der Waals surface area contributed by atoms with E-state index in [2.05, 4.69) is 41.6 Å². The number of ether oxygens (including phenoxy) is 1. The lowest BCUT2D eigenvalue weighted by Gasteiger charge is -2.11. The van der Waals surface area contributed by atoms with E-state index in [-0.39, 0.29) is 4.90 Å². The molecule has 0 aliphatic rings. The minimum absolute atomic E-state index is 0.152. The number of hydrogen-bond donors (Lipinski definition) is 1. The Morgan fingerprint density at radius 1 is 0.880 bits per heavy atom. The third-order valence-corrected chi connectivity index (χ3v) is 6.04. The smallest absolute Gasteiger partial charge is 0.263 e. The standard InChI is InChI=1S/C17H12Br2N2O3S/c18-12-1-6-16(19)17(11-12)25(22,23)21-13-2-4-14(5-3-13)24-15-7-9-20-10-8-15/h1-11,21H. The molecule has 0 saturated heterocycles. The Labute approximate surface area is 162 Å². The molecule has 8 heteroatoms. The maximum absolute atomic E-state index is 12.6. The van der Waals surface area contributed by atoms with Gasteiger partial charge in [-0.1, -0.05) is 15.9 Å². The second-order valence-electron chi connectivity index (χ2n) is 4.99. The van der Waals surface area contributed by atoms with Crippen LogP contribution in [0.4, 0.5) is 5.69 Å². The second kappa shape index (κ2) is 7.55. The number of nitrogens with zero attached hydrogens (tertiary/aromatic N) is 1. The van der Waals surface area contributed by atoms with Crippen LogP contribution >= 0.6 is 31.9 Å². The summed E-state index contributed by atoms with van der Waals surface area (Å²) in [6.07, 6.45) is 3.27. The molecule has 25 heavy (non-hydrogen) atoms. The van der Waals surface area contributed by atoms with E-state index in [0.717, 1.165) is 0 Å². The Bertz CT molecular complexity index is 979. The van der Waals surface area contributed by atoms with Crippen molar-refractivity contribution in [1.29, 1.82) is 0 Å². The van der Waals surface area contributed by atoms with Gasteiger partial charge in [0.1, 0.15) is 16.4 Å². The van der Waals surface area contributed by atoms with Crippen molar-refractivity contribution in [2.24, 2.45) is 0 Å². The molecule has 0 aliphatic heterocycles. The van der Waals surface area contributed by atoms with Gasteiger partial charge in [-0.05, 0) is 70.5 Å². The van der Waals surface area contributed by atoms with Crippen LogP contribution in [-0.2, 0) is 10.0 Å². The monoisotopic (exact) mass is 482 g/mol. The van der Waals surface area contributed by atoms with Gasteiger partial charge in [-0.2, -0.15) is 0 Å². The summed E-state index contributed by atoms with van der Waals surface area (Å²) in [5, 5.41) is 0. The number of benzene rings is 2. The van der Waals surface area contributed by atoms with E-state index >= 15 is 0 Å². The molecular formula is C17H12Br2N2O3S. The Morgan fingerprint density at radius 3 is 2.20 bits per heavy atom. The number of aromatic nitrogens is 1. The summed E-state index contributed by atoms with van der Waals surface area (Å²) in [5.41, 5.74) is 0.439. The van der Waals surface area contributed by atoms with E-state index in [0.29, 0.717) is 26.1 Å². The van der Waals surface area contributed by atoms with Gasteiger partial charge >= 0.3 is 0 Å². The van der Waals surface area contributed by atoms with Gasteiger partial charge in [0.15, 0.2) is 0 Å². The lowest BCUT2D eigenvalue weighted by atomic mass is 10.3. The van der Waals surface area contributed by atoms with Crippen molar-refractivity contribution in [3.63, 3.8) is 0 Å². The van der Waals surface area contributed by atoms with Crippen LogP contribution in [0.1, 0.15) is 0 Å². The predicted octanol–water partition coefficient (Wildman–Crippen LogP) is 5.20. The molecule has 3 rings (SSSR count). The van der Waals surface area contributed by atoms with Gasteiger partial charge < -0.3 is 4.74 Å². The van der Waals surface area contributed by atoms with Gasteiger partial charge in [0.05, 0.1) is 0 Å². The third kappa shape index (κ3) is 4.59. The summed E-state index contributed by atoms with van der Waals surface area (Å²) in [7, 11) is -3.71. The maximum atomic E-state index is 12.6. The van der Waals surface area contributed by atoms with Crippen molar-refractivity contribution in [1.82, 2.24) is 4.98 Å². The SMILES string of the molecule is O=S(=O)(Nc1ccc(Oc2ccncc2)cc1)c1cc(Br)ccc1Br. The number of nitrogens with one attached hydrogen (secondary N) is 1. The van der Waals surface area contributed by atoms with Crippen LogP contribution in [-0.4, -0.2) is 13.4 Å². The fraction of sp³-hybridized carbons (Fsp3) is 0. The first-order valence-electron chi connectivity index (χ1n) is 7.10. The van der Waals surface area contributed by atoms with Crippen LogP contribution < -0.4 is 9.46 Å². The fourth-order valence-electron chi connectivity index (χ4n) is 2.03. The van der Waals surface area contributed by atoms with Gasteiger partial charge in [-0.25, -0.2) is 8.42 Å². The molecule has 0 spiro atoms. The quantitative estimate of drug-likeness (QED) is 0.541. The number of hydrogen-bond acceptors (Lipinski definition) is 4. The highest BCUT2D eigenvalue weighted by Gasteiger charge is 2.18. The van der Waals surface area contributed by atoms with Crippen LogP contribution in [0.3, 0.4) is 0 Å². The van der Waals surface area contributed by atoms with Crippen LogP contribution in [0.15, 0.2) is 80.8 Å². The molecule has 0 radical (unpaired) electrons. The summed E-state index contributed by atoms with van der Waals surface area (Å²) < 4.78 is 34.5. The van der Waals surface area contributed by atoms with Gasteiger partial charge in [-0.15, -0.1) is 0 Å². The van der Waals surface area contributed by atoms with Crippen LogP contribution in [0.5, 0.6) is 11.5 Å². The highest BCUT2D eigenvalue weighted by atomic mass is 79.9. The largest absolute Gasteiger partial charge is 0.457 e. The van der Waals surface area contributed by atoms with Crippen molar-refractivity contribution in [3.8, 4) is 11.5 Å². The number of rotatable bonds is 5. The van der Waals surface area contributed by atoms with E-state index in [1.54, 1.807) is 60.9 Å². The van der Waals surface area contributed by atoms with Gasteiger partial charge in [0.2, 0.25) is 0 Å². The van der Waals surface area contributed by atoms with Crippen molar-refractivity contribution >= 4 is 47.6 Å². The van der Waals surface area contributed by atoms with Crippen molar-refractivity contribution in [2.45, 2.75) is 4.90 Å². The molecule has 1 heterocycles. The number of halogens is 2. The topological polar surface area (TPSA) is 68.3 Å². The molecule has 1 aromatic heterocycles. The summed E-state index contributed by atoms with van der Waals surface area (Å²) in [4.78, 5) is 4.07. The number of pyridine rings is 1. The average molecular weight is 484 g/mol. The van der Waals surface area contributed by atoms with E-state index in [9.17, 15) is 8.42 Å². The number of sulfonamides is 1. The van der Waals surface area contributed by atoms with Crippen LogP contribution in [0, 0.1) is 0 Å². The van der Waals surface area contributed by atoms with E-state index in [1.807, 2.05) is 0 Å². The summed E-state index contributed by atoms with van der Waals surface area (Å²) >= 11 is 6.54. The molecule has 0 aliphatic carbocycles. The van der Waals surface area contributed by atoms with Crippen LogP contribution in [0.2, 0.25) is 0 Å². The van der Waals surface area contributed by atoms with Gasteiger partial charge in [0, 0.05) is 27.0 Å². The van der Waals surface area contributed by atoms with Gasteiger partial charge in [0.25, 0.3) is 10.0 Å². The summed E-state index contributed by atoms with van der Waals surface area (Å²) in [6.45, 7) is 0. The Kier molecular flexibility index (Phi) is 5.41. The zero-order valence-electron chi connectivity index (χ0n) is 12.7. The molecule has 0 bridgehead atoms. The molecule has 128 valence electrons. The molecule has 1 N–H and O–H groups in total. The molecule has 0 atom stereocenters. The Hall–Kier alpha value is -1.90. The first-order chi connectivity index (χ1) is 11.9.